The van der Waals surface area contributed by atoms with Crippen LogP contribution >= 0.6 is 11.3 Å². The summed E-state index contributed by atoms with van der Waals surface area (Å²) in [6.07, 6.45) is 1.04. The molecule has 0 aromatic carbocycles. The van der Waals surface area contributed by atoms with E-state index in [1.807, 2.05) is 6.92 Å². The summed E-state index contributed by atoms with van der Waals surface area (Å²) in [6, 6.07) is 0. The summed E-state index contributed by atoms with van der Waals surface area (Å²) in [5, 5.41) is 13.7. The van der Waals surface area contributed by atoms with Crippen molar-refractivity contribution in [2.45, 2.75) is 27.2 Å². The third kappa shape index (κ3) is 2.26. The summed E-state index contributed by atoms with van der Waals surface area (Å²) in [5.41, 5.74) is 7.99. The first-order chi connectivity index (χ1) is 6.56. The Labute approximate surface area is 88.2 Å². The molecular weight excluding hydrogens is 196 g/mol. The van der Waals surface area contributed by atoms with Gasteiger partial charge in [-0.15, -0.1) is 11.3 Å². The largest absolute Gasteiger partial charge is 0.409 e. The van der Waals surface area contributed by atoms with Crippen LogP contribution in [0.2, 0.25) is 0 Å². The second-order valence-electron chi connectivity index (χ2n) is 3.80. The molecule has 1 aromatic rings. The van der Waals surface area contributed by atoms with E-state index in [1.54, 1.807) is 0 Å². The first kappa shape index (κ1) is 11.0. The van der Waals surface area contributed by atoms with E-state index in [0.717, 1.165) is 16.9 Å². The fraction of sp³-hybridized carbons (Fsp3) is 0.500. The molecule has 1 rings (SSSR count). The number of hydrogen-bond acceptors (Lipinski definition) is 3. The normalized spacial score (nSPS) is 12.4. The fourth-order valence-electron chi connectivity index (χ4n) is 1.39. The van der Waals surface area contributed by atoms with Crippen molar-refractivity contribution in [1.82, 2.24) is 0 Å². The maximum absolute atomic E-state index is 8.57. The first-order valence-electron chi connectivity index (χ1n) is 4.61. The Morgan fingerprint density at radius 2 is 2.29 bits per heavy atom. The van der Waals surface area contributed by atoms with Crippen LogP contribution in [0.15, 0.2) is 10.5 Å². The molecule has 0 aliphatic rings. The molecule has 0 saturated heterocycles. The molecule has 0 aliphatic heterocycles. The van der Waals surface area contributed by atoms with Crippen molar-refractivity contribution >= 4 is 17.2 Å². The molecule has 0 atom stereocenters. The summed E-state index contributed by atoms with van der Waals surface area (Å²) in [4.78, 5) is 0.878. The molecular formula is C10H16N2OS. The van der Waals surface area contributed by atoms with Gasteiger partial charge in [-0.3, -0.25) is 0 Å². The summed E-state index contributed by atoms with van der Waals surface area (Å²) in [7, 11) is 0. The lowest BCUT2D eigenvalue weighted by atomic mass is 10.0. The lowest BCUT2D eigenvalue weighted by Crippen LogP contribution is -2.12. The minimum Gasteiger partial charge on any atom is -0.409 e. The van der Waals surface area contributed by atoms with Gasteiger partial charge in [0, 0.05) is 0 Å². The zero-order valence-electron chi connectivity index (χ0n) is 8.74. The number of hydrogen-bond donors (Lipinski definition) is 2. The summed E-state index contributed by atoms with van der Waals surface area (Å²) in [5.74, 6) is 0.839. The predicted octanol–water partition coefficient (Wildman–Crippen LogP) is 2.35. The molecule has 1 heterocycles. The highest BCUT2D eigenvalue weighted by Gasteiger charge is 2.11. The van der Waals surface area contributed by atoms with Gasteiger partial charge in [0.25, 0.3) is 0 Å². The molecule has 3 nitrogen and oxygen atoms in total. The highest BCUT2D eigenvalue weighted by atomic mass is 32.1. The number of nitrogens with zero attached hydrogens (tertiary/aromatic N) is 1. The van der Waals surface area contributed by atoms with E-state index >= 15 is 0 Å². The Hall–Kier alpha value is -1.03. The summed E-state index contributed by atoms with van der Waals surface area (Å²) in [6.45, 7) is 6.38. The Bertz CT molecular complexity index is 342. The topological polar surface area (TPSA) is 58.6 Å². The second kappa shape index (κ2) is 4.46. The van der Waals surface area contributed by atoms with Crippen LogP contribution in [0.1, 0.15) is 29.9 Å². The monoisotopic (exact) mass is 212 g/mol. The van der Waals surface area contributed by atoms with Gasteiger partial charge in [-0.2, -0.15) is 0 Å². The van der Waals surface area contributed by atoms with Gasteiger partial charge in [-0.1, -0.05) is 19.0 Å². The average Bonchev–Trinajstić information content (AvgIpc) is 2.46. The molecule has 0 amide bonds. The molecule has 0 aliphatic carbocycles. The lowest BCUT2D eigenvalue weighted by Gasteiger charge is -2.04. The number of nitrogens with two attached hydrogens (primary N) is 1. The predicted molar refractivity (Wildman–Crippen MR) is 60.1 cm³/mol. The van der Waals surface area contributed by atoms with Crippen LogP contribution in [0.3, 0.4) is 0 Å². The van der Waals surface area contributed by atoms with Crippen molar-refractivity contribution in [3.63, 3.8) is 0 Å². The molecule has 78 valence electrons. The minimum absolute atomic E-state index is 0.211. The van der Waals surface area contributed by atoms with Gasteiger partial charge in [0.2, 0.25) is 0 Å². The van der Waals surface area contributed by atoms with Gasteiger partial charge in [0.15, 0.2) is 5.84 Å². The Morgan fingerprint density at radius 3 is 2.79 bits per heavy atom. The Kier molecular flexibility index (Phi) is 3.52. The van der Waals surface area contributed by atoms with E-state index in [4.69, 9.17) is 10.9 Å². The van der Waals surface area contributed by atoms with Crippen LogP contribution in [0.25, 0.3) is 0 Å². The van der Waals surface area contributed by atoms with Crippen LogP contribution in [0.5, 0.6) is 0 Å². The summed E-state index contributed by atoms with van der Waals surface area (Å²) >= 11 is 1.54. The van der Waals surface area contributed by atoms with Crippen molar-refractivity contribution in [3.05, 3.63) is 21.4 Å². The zero-order chi connectivity index (χ0) is 10.7. The highest BCUT2D eigenvalue weighted by Crippen LogP contribution is 2.23. The van der Waals surface area contributed by atoms with E-state index in [1.165, 1.54) is 16.9 Å². The molecule has 4 heteroatoms. The molecule has 0 unspecified atom stereocenters. The van der Waals surface area contributed by atoms with Gasteiger partial charge in [0.1, 0.15) is 0 Å². The van der Waals surface area contributed by atoms with Crippen LogP contribution in [0, 0.1) is 12.8 Å². The van der Waals surface area contributed by atoms with Crippen molar-refractivity contribution in [2.75, 3.05) is 0 Å². The standard InChI is InChI=1S/C10H16N2OS/c1-6(2)4-8-5-14-9(7(8)3)10(11)12-13/h5-6,13H,4H2,1-3H3,(H2,11,12). The number of oxime groups is 1. The molecule has 0 radical (unpaired) electrons. The maximum atomic E-state index is 8.57. The number of thiophene rings is 1. The third-order valence-corrected chi connectivity index (χ3v) is 3.26. The van der Waals surface area contributed by atoms with E-state index in [0.29, 0.717) is 5.92 Å². The van der Waals surface area contributed by atoms with Gasteiger partial charge >= 0.3 is 0 Å². The van der Waals surface area contributed by atoms with Gasteiger partial charge in [-0.25, -0.2) is 0 Å². The molecule has 0 bridgehead atoms. The van der Waals surface area contributed by atoms with Gasteiger partial charge in [-0.05, 0) is 35.8 Å². The van der Waals surface area contributed by atoms with Crippen molar-refractivity contribution < 1.29 is 5.21 Å². The van der Waals surface area contributed by atoms with Crippen LogP contribution < -0.4 is 5.73 Å². The minimum atomic E-state index is 0.211. The lowest BCUT2D eigenvalue weighted by molar-refractivity contribution is 0.319. The third-order valence-electron chi connectivity index (χ3n) is 2.11. The molecule has 0 fully saturated rings. The van der Waals surface area contributed by atoms with Crippen LogP contribution in [-0.4, -0.2) is 11.0 Å². The SMILES string of the molecule is Cc1c(CC(C)C)csc1C(N)=NO. The average molecular weight is 212 g/mol. The molecule has 0 saturated carbocycles. The zero-order valence-corrected chi connectivity index (χ0v) is 9.56. The van der Waals surface area contributed by atoms with Gasteiger partial charge < -0.3 is 10.9 Å². The molecule has 0 spiro atoms. The quantitative estimate of drug-likeness (QED) is 0.350. The molecule has 3 N–H and O–H groups in total. The Morgan fingerprint density at radius 1 is 1.64 bits per heavy atom. The van der Waals surface area contributed by atoms with E-state index in [-0.39, 0.29) is 5.84 Å². The molecule has 1 aromatic heterocycles. The van der Waals surface area contributed by atoms with Crippen LogP contribution in [0.4, 0.5) is 0 Å². The molecule has 14 heavy (non-hydrogen) atoms. The van der Waals surface area contributed by atoms with Crippen molar-refractivity contribution in [1.29, 1.82) is 0 Å². The number of amidine groups is 1. The van der Waals surface area contributed by atoms with Crippen molar-refractivity contribution in [3.8, 4) is 0 Å². The van der Waals surface area contributed by atoms with Crippen LogP contribution in [-0.2, 0) is 6.42 Å². The van der Waals surface area contributed by atoms with Crippen molar-refractivity contribution in [2.24, 2.45) is 16.8 Å². The number of rotatable bonds is 3. The summed E-state index contributed by atoms with van der Waals surface area (Å²) < 4.78 is 0. The second-order valence-corrected chi connectivity index (χ2v) is 4.68. The van der Waals surface area contributed by atoms with Gasteiger partial charge in [0.05, 0.1) is 4.88 Å². The Balaban J connectivity index is 2.96. The highest BCUT2D eigenvalue weighted by molar-refractivity contribution is 7.12. The smallest absolute Gasteiger partial charge is 0.180 e. The fourth-order valence-corrected chi connectivity index (χ4v) is 2.39. The first-order valence-corrected chi connectivity index (χ1v) is 5.49. The van der Waals surface area contributed by atoms with E-state index in [2.05, 4.69) is 24.4 Å². The van der Waals surface area contributed by atoms with E-state index in [9.17, 15) is 0 Å². The van der Waals surface area contributed by atoms with E-state index < -0.39 is 0 Å². The maximum Gasteiger partial charge on any atom is 0.180 e.